The first kappa shape index (κ1) is 28.6. The molecule has 0 radical (unpaired) electrons. The SMILES string of the molecule is CCOc1ccc(Cc2cc([C@@H]3OC(C=O)=C[C@H](OCc4ccccc4)[C@H]3OCc3ccccc3)ccc2Cl)cc1. The largest absolute Gasteiger partial charge is 0.494 e. The van der Waals surface area contributed by atoms with Crippen molar-refractivity contribution in [1.82, 2.24) is 0 Å². The van der Waals surface area contributed by atoms with Crippen molar-refractivity contribution in [2.75, 3.05) is 6.61 Å². The molecule has 0 bridgehead atoms. The Morgan fingerprint density at radius 3 is 2.10 bits per heavy atom. The molecule has 4 aromatic rings. The first-order chi connectivity index (χ1) is 20.1. The Kier molecular flexibility index (Phi) is 9.87. The zero-order valence-corrected chi connectivity index (χ0v) is 23.7. The number of benzene rings is 4. The van der Waals surface area contributed by atoms with E-state index >= 15 is 0 Å². The van der Waals surface area contributed by atoms with Crippen LogP contribution in [0.3, 0.4) is 0 Å². The van der Waals surface area contributed by atoms with Crippen molar-refractivity contribution in [3.8, 4) is 5.75 Å². The summed E-state index contributed by atoms with van der Waals surface area (Å²) >= 11 is 6.66. The summed E-state index contributed by atoms with van der Waals surface area (Å²) in [7, 11) is 0. The number of ether oxygens (including phenoxy) is 4. The highest BCUT2D eigenvalue weighted by molar-refractivity contribution is 6.31. The number of aldehydes is 1. The number of allylic oxidation sites excluding steroid dienone is 1. The molecule has 6 heteroatoms. The fourth-order valence-electron chi connectivity index (χ4n) is 4.86. The highest BCUT2D eigenvalue weighted by Gasteiger charge is 2.38. The maximum atomic E-state index is 12.0. The Morgan fingerprint density at radius 1 is 0.805 bits per heavy atom. The molecule has 1 aliphatic heterocycles. The van der Waals surface area contributed by atoms with Gasteiger partial charge in [-0.3, -0.25) is 4.79 Å². The van der Waals surface area contributed by atoms with Crippen LogP contribution in [0.15, 0.2) is 115 Å². The maximum Gasteiger partial charge on any atom is 0.184 e. The molecule has 41 heavy (non-hydrogen) atoms. The molecule has 5 nitrogen and oxygen atoms in total. The molecule has 0 aromatic heterocycles. The van der Waals surface area contributed by atoms with Crippen LogP contribution in [0.1, 0.15) is 40.8 Å². The Bertz CT molecular complexity index is 1440. The molecule has 0 saturated carbocycles. The predicted octanol–water partition coefficient (Wildman–Crippen LogP) is 7.65. The lowest BCUT2D eigenvalue weighted by Crippen LogP contribution is -2.40. The summed E-state index contributed by atoms with van der Waals surface area (Å²) in [5, 5.41) is 0.656. The lowest BCUT2D eigenvalue weighted by molar-refractivity contribution is -0.143. The fourth-order valence-corrected chi connectivity index (χ4v) is 5.05. The smallest absolute Gasteiger partial charge is 0.184 e. The van der Waals surface area contributed by atoms with Crippen molar-refractivity contribution in [1.29, 1.82) is 0 Å². The van der Waals surface area contributed by atoms with Gasteiger partial charge in [-0.1, -0.05) is 96.5 Å². The van der Waals surface area contributed by atoms with E-state index in [0.29, 0.717) is 31.3 Å². The van der Waals surface area contributed by atoms with Gasteiger partial charge in [0, 0.05) is 5.02 Å². The van der Waals surface area contributed by atoms with E-state index in [1.54, 1.807) is 6.08 Å². The minimum atomic E-state index is -0.582. The zero-order valence-electron chi connectivity index (χ0n) is 22.9. The number of rotatable bonds is 12. The van der Waals surface area contributed by atoms with E-state index < -0.39 is 18.3 Å². The van der Waals surface area contributed by atoms with Crippen molar-refractivity contribution < 1.29 is 23.7 Å². The highest BCUT2D eigenvalue weighted by atomic mass is 35.5. The molecule has 5 rings (SSSR count). The van der Waals surface area contributed by atoms with E-state index in [0.717, 1.165) is 39.9 Å². The predicted molar refractivity (Wildman–Crippen MR) is 160 cm³/mol. The summed E-state index contributed by atoms with van der Waals surface area (Å²) in [6.07, 6.45) is 1.45. The molecule has 0 N–H and O–H groups in total. The van der Waals surface area contributed by atoms with Crippen LogP contribution in [0.2, 0.25) is 5.02 Å². The number of hydrogen-bond donors (Lipinski definition) is 0. The van der Waals surface area contributed by atoms with E-state index in [4.69, 9.17) is 30.5 Å². The summed E-state index contributed by atoms with van der Waals surface area (Å²) < 4.78 is 24.7. The van der Waals surface area contributed by atoms with Crippen LogP contribution < -0.4 is 4.74 Å². The average molecular weight is 569 g/mol. The van der Waals surface area contributed by atoms with Gasteiger partial charge < -0.3 is 18.9 Å². The van der Waals surface area contributed by atoms with Crippen LogP contribution in [0, 0.1) is 0 Å². The van der Waals surface area contributed by atoms with Crippen LogP contribution in [-0.4, -0.2) is 25.1 Å². The minimum absolute atomic E-state index is 0.218. The first-order valence-electron chi connectivity index (χ1n) is 13.8. The van der Waals surface area contributed by atoms with Gasteiger partial charge in [0.2, 0.25) is 0 Å². The van der Waals surface area contributed by atoms with E-state index in [1.165, 1.54) is 0 Å². The Hall–Kier alpha value is -3.90. The molecule has 1 aliphatic rings. The second-order valence-electron chi connectivity index (χ2n) is 9.85. The lowest BCUT2D eigenvalue weighted by atomic mass is 9.94. The van der Waals surface area contributed by atoms with Crippen molar-refractivity contribution in [2.45, 2.75) is 44.9 Å². The van der Waals surface area contributed by atoms with Crippen molar-refractivity contribution >= 4 is 17.9 Å². The highest BCUT2D eigenvalue weighted by Crippen LogP contribution is 2.36. The maximum absolute atomic E-state index is 12.0. The molecule has 1 heterocycles. The van der Waals surface area contributed by atoms with Gasteiger partial charge in [-0.15, -0.1) is 0 Å². The molecule has 3 atom stereocenters. The first-order valence-corrected chi connectivity index (χ1v) is 14.2. The zero-order chi connectivity index (χ0) is 28.4. The Morgan fingerprint density at radius 2 is 1.46 bits per heavy atom. The fraction of sp³-hybridized carbons (Fsp3) is 0.229. The van der Waals surface area contributed by atoms with Crippen LogP contribution in [-0.2, 0) is 38.6 Å². The molecule has 0 saturated heterocycles. The third-order valence-corrected chi connectivity index (χ3v) is 7.30. The van der Waals surface area contributed by atoms with Crippen LogP contribution >= 0.6 is 11.6 Å². The molecule has 210 valence electrons. The Labute approximate surface area is 246 Å². The summed E-state index contributed by atoms with van der Waals surface area (Å²) in [6.45, 7) is 3.32. The van der Waals surface area contributed by atoms with Crippen LogP contribution in [0.25, 0.3) is 0 Å². The molecule has 0 unspecified atom stereocenters. The van der Waals surface area contributed by atoms with E-state index in [-0.39, 0.29) is 5.76 Å². The molecular formula is C35H33ClO5. The summed E-state index contributed by atoms with van der Waals surface area (Å²) in [4.78, 5) is 12.0. The van der Waals surface area contributed by atoms with E-state index in [9.17, 15) is 4.79 Å². The summed E-state index contributed by atoms with van der Waals surface area (Å²) in [6, 6.07) is 33.7. The molecule has 0 amide bonds. The number of halogens is 1. The third kappa shape index (κ3) is 7.65. The second kappa shape index (κ2) is 14.1. The van der Waals surface area contributed by atoms with Crippen molar-refractivity contribution in [3.63, 3.8) is 0 Å². The minimum Gasteiger partial charge on any atom is -0.494 e. The van der Waals surface area contributed by atoms with E-state index in [1.807, 2.05) is 110 Å². The summed E-state index contributed by atoms with van der Waals surface area (Å²) in [5.74, 6) is 1.05. The number of carbonyl (C=O) groups is 1. The molecular weight excluding hydrogens is 536 g/mol. The standard InChI is InChI=1S/C35H33ClO5/c1-2-38-30-16-13-25(14-17-30)19-29-20-28(15-18-32(29)36)34-35(40-24-27-11-7-4-8-12-27)33(21-31(22-37)41-34)39-23-26-9-5-3-6-10-26/h3-18,20-22,33-35H,2,19,23-24H2,1H3/t33-,34-,35+/m0/s1. The monoisotopic (exact) mass is 568 g/mol. The quantitative estimate of drug-likeness (QED) is 0.164. The molecule has 0 fully saturated rings. The third-order valence-electron chi connectivity index (χ3n) is 6.93. The average Bonchev–Trinajstić information content (AvgIpc) is 3.02. The van der Waals surface area contributed by atoms with Gasteiger partial charge in [0.1, 0.15) is 18.0 Å². The molecule has 0 spiro atoms. The van der Waals surface area contributed by atoms with Gasteiger partial charge in [-0.25, -0.2) is 0 Å². The topological polar surface area (TPSA) is 54.0 Å². The van der Waals surface area contributed by atoms with Gasteiger partial charge in [-0.2, -0.15) is 0 Å². The summed E-state index contributed by atoms with van der Waals surface area (Å²) in [5.41, 5.74) is 4.97. The second-order valence-corrected chi connectivity index (χ2v) is 10.3. The lowest BCUT2D eigenvalue weighted by Gasteiger charge is -2.36. The van der Waals surface area contributed by atoms with Crippen molar-refractivity contribution in [3.05, 3.63) is 148 Å². The van der Waals surface area contributed by atoms with Crippen LogP contribution in [0.4, 0.5) is 0 Å². The Balaban J connectivity index is 1.43. The van der Waals surface area contributed by atoms with E-state index in [2.05, 4.69) is 0 Å². The number of hydrogen-bond acceptors (Lipinski definition) is 5. The molecule has 4 aromatic carbocycles. The normalized spacial score (nSPS) is 18.3. The number of carbonyl (C=O) groups excluding carboxylic acids is 1. The van der Waals surface area contributed by atoms with Gasteiger partial charge in [0.15, 0.2) is 18.1 Å². The van der Waals surface area contributed by atoms with Crippen molar-refractivity contribution in [2.24, 2.45) is 0 Å². The van der Waals surface area contributed by atoms with Gasteiger partial charge in [-0.05, 0) is 65.4 Å². The van der Waals surface area contributed by atoms with Gasteiger partial charge in [0.25, 0.3) is 0 Å². The van der Waals surface area contributed by atoms with Gasteiger partial charge in [0.05, 0.1) is 19.8 Å². The van der Waals surface area contributed by atoms with Crippen LogP contribution in [0.5, 0.6) is 5.75 Å². The molecule has 0 aliphatic carbocycles. The van der Waals surface area contributed by atoms with Gasteiger partial charge >= 0.3 is 0 Å².